The number of aryl methyl sites for hydroxylation is 1. The fourth-order valence-corrected chi connectivity index (χ4v) is 4.39. The van der Waals surface area contributed by atoms with Gasteiger partial charge in [0.2, 0.25) is 0 Å². The van der Waals surface area contributed by atoms with Crippen LogP contribution < -0.4 is 11.1 Å². The molecule has 0 bridgehead atoms. The first-order valence-electron chi connectivity index (χ1n) is 9.60. The molecule has 0 spiro atoms. The van der Waals surface area contributed by atoms with Crippen LogP contribution in [0.25, 0.3) is 16.6 Å². The summed E-state index contributed by atoms with van der Waals surface area (Å²) in [5.74, 6) is 0.421. The molecule has 0 amide bonds. The molecule has 7 nitrogen and oxygen atoms in total. The molecule has 4 rings (SSSR count). The summed E-state index contributed by atoms with van der Waals surface area (Å²) in [6.45, 7) is 4.25. The SMILES string of the molecule is COC[C@H](C)n1c(SCc2cc(=O)n3cc(C)ccc3n2)nc2ccccc2c1=O. The van der Waals surface area contributed by atoms with Crippen LogP contribution in [0.15, 0.2) is 63.4 Å². The number of pyridine rings is 1. The van der Waals surface area contributed by atoms with E-state index >= 15 is 0 Å². The lowest BCUT2D eigenvalue weighted by Crippen LogP contribution is -2.28. The van der Waals surface area contributed by atoms with Crippen molar-refractivity contribution >= 4 is 28.3 Å². The Morgan fingerprint density at radius 2 is 1.93 bits per heavy atom. The zero-order valence-corrected chi connectivity index (χ0v) is 17.8. The van der Waals surface area contributed by atoms with Gasteiger partial charge in [0.05, 0.1) is 29.2 Å². The van der Waals surface area contributed by atoms with E-state index in [0.29, 0.717) is 39.8 Å². The Hall–Kier alpha value is -2.97. The molecule has 0 N–H and O–H groups in total. The van der Waals surface area contributed by atoms with E-state index in [1.165, 1.54) is 22.2 Å². The van der Waals surface area contributed by atoms with Crippen LogP contribution in [0.4, 0.5) is 0 Å². The van der Waals surface area contributed by atoms with Gasteiger partial charge < -0.3 is 4.74 Å². The number of nitrogens with zero attached hydrogens (tertiary/aromatic N) is 4. The Bertz CT molecular complexity index is 1350. The van der Waals surface area contributed by atoms with Crippen molar-refractivity contribution in [1.82, 2.24) is 18.9 Å². The van der Waals surface area contributed by atoms with Crippen LogP contribution in [0.5, 0.6) is 0 Å². The first kappa shape index (κ1) is 20.3. The predicted molar refractivity (Wildman–Crippen MR) is 118 cm³/mol. The molecule has 30 heavy (non-hydrogen) atoms. The number of fused-ring (bicyclic) bond motifs is 2. The van der Waals surface area contributed by atoms with Crippen LogP contribution in [0.1, 0.15) is 24.2 Å². The number of thioether (sulfide) groups is 1. The lowest BCUT2D eigenvalue weighted by molar-refractivity contribution is 0.156. The molecule has 0 aliphatic carbocycles. The first-order valence-corrected chi connectivity index (χ1v) is 10.6. The smallest absolute Gasteiger partial charge is 0.262 e. The van der Waals surface area contributed by atoms with Gasteiger partial charge in [-0.3, -0.25) is 18.6 Å². The van der Waals surface area contributed by atoms with Crippen molar-refractivity contribution in [2.75, 3.05) is 13.7 Å². The minimum atomic E-state index is -0.180. The number of para-hydroxylation sites is 1. The minimum Gasteiger partial charge on any atom is -0.383 e. The van der Waals surface area contributed by atoms with Crippen LogP contribution in [0.3, 0.4) is 0 Å². The van der Waals surface area contributed by atoms with E-state index in [2.05, 4.69) is 4.98 Å². The highest BCUT2D eigenvalue weighted by atomic mass is 32.2. The van der Waals surface area contributed by atoms with Crippen molar-refractivity contribution in [2.24, 2.45) is 0 Å². The highest BCUT2D eigenvalue weighted by molar-refractivity contribution is 7.98. The summed E-state index contributed by atoms with van der Waals surface area (Å²) < 4.78 is 8.46. The van der Waals surface area contributed by atoms with Gasteiger partial charge in [0.15, 0.2) is 5.16 Å². The Morgan fingerprint density at radius 3 is 2.73 bits per heavy atom. The average Bonchev–Trinajstić information content (AvgIpc) is 2.73. The van der Waals surface area contributed by atoms with Gasteiger partial charge in [-0.1, -0.05) is 30.0 Å². The highest BCUT2D eigenvalue weighted by Gasteiger charge is 2.17. The fraction of sp³-hybridized carbons (Fsp3) is 0.273. The van der Waals surface area contributed by atoms with E-state index in [1.807, 2.05) is 44.2 Å². The van der Waals surface area contributed by atoms with Gasteiger partial charge in [0.1, 0.15) is 5.65 Å². The third-order valence-corrected chi connectivity index (χ3v) is 5.82. The van der Waals surface area contributed by atoms with E-state index in [0.717, 1.165) is 5.56 Å². The van der Waals surface area contributed by atoms with E-state index in [-0.39, 0.29) is 17.2 Å². The first-order chi connectivity index (χ1) is 14.5. The number of hydrogen-bond acceptors (Lipinski definition) is 6. The maximum absolute atomic E-state index is 13.1. The minimum absolute atomic E-state index is 0.102. The summed E-state index contributed by atoms with van der Waals surface area (Å²) >= 11 is 1.39. The normalized spacial score (nSPS) is 12.5. The molecule has 0 fully saturated rings. The molecule has 1 aromatic carbocycles. The summed E-state index contributed by atoms with van der Waals surface area (Å²) in [5.41, 5.74) is 2.64. The number of ether oxygens (including phenoxy) is 1. The third kappa shape index (κ3) is 3.88. The Kier molecular flexibility index (Phi) is 5.69. The fourth-order valence-electron chi connectivity index (χ4n) is 3.40. The molecule has 0 saturated carbocycles. The Morgan fingerprint density at radius 1 is 1.13 bits per heavy atom. The molecular weight excluding hydrogens is 400 g/mol. The molecule has 0 aliphatic heterocycles. The third-order valence-electron chi connectivity index (χ3n) is 4.83. The summed E-state index contributed by atoms with van der Waals surface area (Å²) in [5, 5.41) is 1.15. The van der Waals surface area contributed by atoms with Crippen molar-refractivity contribution < 1.29 is 4.74 Å². The van der Waals surface area contributed by atoms with Crippen LogP contribution in [0, 0.1) is 6.92 Å². The van der Waals surface area contributed by atoms with Gasteiger partial charge in [-0.2, -0.15) is 0 Å². The van der Waals surface area contributed by atoms with Gasteiger partial charge in [0, 0.05) is 25.1 Å². The number of hydrogen-bond donors (Lipinski definition) is 0. The van der Waals surface area contributed by atoms with Crippen LogP contribution in [-0.2, 0) is 10.5 Å². The Balaban J connectivity index is 1.74. The zero-order valence-electron chi connectivity index (χ0n) is 17.0. The largest absolute Gasteiger partial charge is 0.383 e. The molecule has 0 radical (unpaired) electrons. The quantitative estimate of drug-likeness (QED) is 0.351. The topological polar surface area (TPSA) is 78.5 Å². The Labute approximate surface area is 177 Å². The molecule has 3 aromatic heterocycles. The molecule has 3 heterocycles. The van der Waals surface area contributed by atoms with Crippen LogP contribution >= 0.6 is 11.8 Å². The second-order valence-electron chi connectivity index (χ2n) is 7.20. The average molecular weight is 423 g/mol. The van der Waals surface area contributed by atoms with E-state index in [1.54, 1.807) is 23.9 Å². The standard InChI is InChI=1S/C22H22N4O3S/c1-14-8-9-19-23-16(10-20(27)25(19)11-14)13-30-22-24-18-7-5-4-6-17(18)21(28)26(22)15(2)12-29-3/h4-11,15H,12-13H2,1-3H3/t15-/m0/s1. The summed E-state index contributed by atoms with van der Waals surface area (Å²) in [7, 11) is 1.61. The zero-order chi connectivity index (χ0) is 21.3. The lowest BCUT2D eigenvalue weighted by atomic mass is 10.2. The number of aromatic nitrogens is 4. The number of methoxy groups -OCH3 is 1. The number of benzene rings is 1. The van der Waals surface area contributed by atoms with Gasteiger partial charge >= 0.3 is 0 Å². The van der Waals surface area contributed by atoms with Crippen molar-refractivity contribution in [3.63, 3.8) is 0 Å². The maximum Gasteiger partial charge on any atom is 0.262 e. The van der Waals surface area contributed by atoms with Gasteiger partial charge in [-0.25, -0.2) is 9.97 Å². The van der Waals surface area contributed by atoms with Crippen LogP contribution in [0.2, 0.25) is 0 Å². The molecule has 0 aliphatic rings. The van der Waals surface area contributed by atoms with Crippen molar-refractivity contribution in [3.05, 3.63) is 80.6 Å². The van der Waals surface area contributed by atoms with E-state index in [4.69, 9.17) is 9.72 Å². The summed E-state index contributed by atoms with van der Waals surface area (Å²) in [6, 6.07) is 12.4. The molecular formula is C22H22N4O3S. The van der Waals surface area contributed by atoms with Gasteiger partial charge in [-0.05, 0) is 37.6 Å². The molecule has 4 aromatic rings. The van der Waals surface area contributed by atoms with E-state index in [9.17, 15) is 9.59 Å². The van der Waals surface area contributed by atoms with Gasteiger partial charge in [-0.15, -0.1) is 0 Å². The summed E-state index contributed by atoms with van der Waals surface area (Å²) in [6.07, 6.45) is 1.77. The van der Waals surface area contributed by atoms with Crippen molar-refractivity contribution in [3.8, 4) is 0 Å². The highest BCUT2D eigenvalue weighted by Crippen LogP contribution is 2.24. The van der Waals surface area contributed by atoms with Crippen LogP contribution in [-0.4, -0.2) is 32.7 Å². The second kappa shape index (κ2) is 8.41. The molecule has 0 saturated heterocycles. The number of rotatable bonds is 6. The van der Waals surface area contributed by atoms with E-state index < -0.39 is 0 Å². The van der Waals surface area contributed by atoms with Gasteiger partial charge in [0.25, 0.3) is 11.1 Å². The molecule has 0 unspecified atom stereocenters. The maximum atomic E-state index is 13.1. The summed E-state index contributed by atoms with van der Waals surface area (Å²) in [4.78, 5) is 34.9. The predicted octanol–water partition coefficient (Wildman–Crippen LogP) is 3.21. The molecule has 8 heteroatoms. The monoisotopic (exact) mass is 422 g/mol. The molecule has 154 valence electrons. The van der Waals surface area contributed by atoms with Crippen molar-refractivity contribution in [2.45, 2.75) is 30.8 Å². The van der Waals surface area contributed by atoms with Crippen molar-refractivity contribution in [1.29, 1.82) is 0 Å². The second-order valence-corrected chi connectivity index (χ2v) is 8.14. The molecule has 1 atom stereocenters. The lowest BCUT2D eigenvalue weighted by Gasteiger charge is -2.18.